The van der Waals surface area contributed by atoms with Gasteiger partial charge in [-0.1, -0.05) is 0 Å². The van der Waals surface area contributed by atoms with E-state index >= 15 is 0 Å². The van der Waals surface area contributed by atoms with Crippen LogP contribution in [0.2, 0.25) is 0 Å². The molecule has 0 amide bonds. The van der Waals surface area contributed by atoms with Gasteiger partial charge in [-0.25, -0.2) is 0 Å². The van der Waals surface area contributed by atoms with E-state index in [1.807, 2.05) is 0 Å². The maximum Gasteiger partial charge on any atom is 4.00 e. The molecular formula is CoCrHfO2Pt. The minimum absolute atomic E-state index is 0. The van der Waals surface area contributed by atoms with Crippen LogP contribution in [-0.4, -0.2) is 0 Å². The molecule has 0 N–H and O–H groups in total. The summed E-state index contributed by atoms with van der Waals surface area (Å²) in [6, 6.07) is 0. The van der Waals surface area contributed by atoms with Gasteiger partial charge in [0.1, 0.15) is 0 Å². The minimum atomic E-state index is 0. The van der Waals surface area contributed by atoms with Crippen molar-refractivity contribution in [3.8, 4) is 0 Å². The zero-order valence-electron chi connectivity index (χ0n) is 2.37. The van der Waals surface area contributed by atoms with Crippen LogP contribution in [0.5, 0.6) is 0 Å². The van der Waals surface area contributed by atoms with Gasteiger partial charge in [-0.3, -0.25) is 0 Å². The van der Waals surface area contributed by atoms with Crippen molar-refractivity contribution in [1.82, 2.24) is 0 Å². The predicted octanol–water partition coefficient (Wildman–Crippen LogP) is -0.248. The Kier molecular flexibility index (Phi) is 638. The van der Waals surface area contributed by atoms with Crippen LogP contribution in [0.3, 0.4) is 0 Å². The maximum atomic E-state index is 0. The van der Waals surface area contributed by atoms with Crippen molar-refractivity contribution in [1.29, 1.82) is 0 Å². The molecule has 2 nitrogen and oxygen atoms in total. The van der Waals surface area contributed by atoms with Gasteiger partial charge in [0.05, 0.1) is 0 Å². The predicted molar refractivity (Wildman–Crippen MR) is 1.37 cm³/mol. The molecule has 0 aliphatic rings. The van der Waals surface area contributed by atoms with E-state index in [4.69, 9.17) is 0 Å². The van der Waals surface area contributed by atoms with E-state index in [0.717, 1.165) is 0 Å². The summed E-state index contributed by atoms with van der Waals surface area (Å²) in [4.78, 5) is 0. The first-order valence-electron chi connectivity index (χ1n) is 0. The average Bonchev–Trinajstić information content (AvgIpc) is 0. The molecule has 6 heteroatoms. The summed E-state index contributed by atoms with van der Waals surface area (Å²) < 4.78 is 0. The fourth-order valence-electron chi connectivity index (χ4n) is 0. The van der Waals surface area contributed by atoms with Gasteiger partial charge in [0.15, 0.2) is 0 Å². The summed E-state index contributed by atoms with van der Waals surface area (Å²) >= 11 is 0. The van der Waals surface area contributed by atoms with Gasteiger partial charge < -0.3 is 11.0 Å². The first-order chi connectivity index (χ1) is 0. The van der Waals surface area contributed by atoms with E-state index in [2.05, 4.69) is 0 Å². The topological polar surface area (TPSA) is 57.0 Å². The Morgan fingerprint density at radius 2 is 0.833 bits per heavy atom. The van der Waals surface area contributed by atoms with Crippen LogP contribution >= 0.6 is 0 Å². The zero-order chi connectivity index (χ0) is 0. The normalized spacial score (nSPS) is 0. The van der Waals surface area contributed by atoms with Gasteiger partial charge in [-0.15, -0.1) is 0 Å². The molecule has 0 aromatic carbocycles. The zero-order valence-corrected chi connectivity index (χ0v) is 10.6. The van der Waals surface area contributed by atoms with Gasteiger partial charge in [0.25, 0.3) is 0 Å². The number of hydrogen-bond acceptors (Lipinski definition) is 0. The quantitative estimate of drug-likeness (QED) is 0.399. The van der Waals surface area contributed by atoms with Gasteiger partial charge >= 0.3 is 25.8 Å². The van der Waals surface area contributed by atoms with Crippen molar-refractivity contribution in [3.05, 3.63) is 0 Å². The summed E-state index contributed by atoms with van der Waals surface area (Å²) in [5, 5.41) is 0. The van der Waals surface area contributed by atoms with Crippen LogP contribution in [-0.2, 0) is 92.0 Å². The summed E-state index contributed by atoms with van der Waals surface area (Å²) in [6.07, 6.45) is 0. The van der Waals surface area contributed by atoms with Gasteiger partial charge in [-0.2, -0.15) is 0 Å². The van der Waals surface area contributed by atoms with Gasteiger partial charge in [0.2, 0.25) is 0 Å². The van der Waals surface area contributed by atoms with Crippen LogP contribution in [0.25, 0.3) is 0 Å². The van der Waals surface area contributed by atoms with Crippen molar-refractivity contribution in [2.75, 3.05) is 0 Å². The second kappa shape index (κ2) is 50.4. The Hall–Kier alpha value is 2.52. The molecule has 0 fully saturated rings. The van der Waals surface area contributed by atoms with E-state index in [-0.39, 0.29) is 92.0 Å². The van der Waals surface area contributed by atoms with Gasteiger partial charge in [-0.05, 0) is 0 Å². The third-order valence-corrected chi connectivity index (χ3v) is 0. The third kappa shape index (κ3) is 31.3. The number of rotatable bonds is 0. The van der Waals surface area contributed by atoms with Crippen molar-refractivity contribution in [3.63, 3.8) is 0 Å². The maximum absolute atomic E-state index is 0. The molecule has 0 rings (SSSR count). The van der Waals surface area contributed by atoms with E-state index in [1.54, 1.807) is 0 Å². The third-order valence-electron chi connectivity index (χ3n) is 0. The fraction of sp³-hybridized carbons (Fsp3) is 0. The van der Waals surface area contributed by atoms with Crippen LogP contribution in [0.15, 0.2) is 0 Å². The Bertz CT molecular complexity index is 13.5. The molecule has 0 saturated heterocycles. The second-order valence-electron chi connectivity index (χ2n) is 0. The molecule has 0 bridgehead atoms. The molecule has 1 radical (unpaired) electrons. The molecular weight excluding hydrogens is 516 g/mol. The van der Waals surface area contributed by atoms with Crippen LogP contribution in [0.4, 0.5) is 0 Å². The van der Waals surface area contributed by atoms with E-state index in [0.29, 0.717) is 0 Å². The Balaban J connectivity index is 0. The fourth-order valence-corrected chi connectivity index (χ4v) is 0. The first-order valence-corrected chi connectivity index (χ1v) is 0. The summed E-state index contributed by atoms with van der Waals surface area (Å²) in [7, 11) is 0. The second-order valence-corrected chi connectivity index (χ2v) is 0. The standard InChI is InChI=1S/Co.Cr.Hf.2O.Pt/q;;+4;2*-2;. The van der Waals surface area contributed by atoms with Crippen LogP contribution < -0.4 is 0 Å². The summed E-state index contributed by atoms with van der Waals surface area (Å²) in [5.74, 6) is 0. The molecule has 0 atom stereocenters. The molecule has 0 aliphatic heterocycles. The molecule has 0 aromatic heterocycles. The Morgan fingerprint density at radius 3 is 0.833 bits per heavy atom. The summed E-state index contributed by atoms with van der Waals surface area (Å²) in [6.45, 7) is 0. The Morgan fingerprint density at radius 1 is 0.833 bits per heavy atom. The van der Waals surface area contributed by atoms with Crippen molar-refractivity contribution >= 4 is 0 Å². The molecule has 0 saturated carbocycles. The Labute approximate surface area is 90.8 Å². The average molecular weight is 516 g/mol. The SMILES string of the molecule is [Co].[Cr].[Hf+4].[O-2].[O-2].[Pt]. The largest absolute Gasteiger partial charge is 4.00 e. The smallest absolute Gasteiger partial charge is 2.00 e. The molecule has 0 unspecified atom stereocenters. The minimum Gasteiger partial charge on any atom is -2.00 e. The van der Waals surface area contributed by atoms with Crippen molar-refractivity contribution in [2.45, 2.75) is 0 Å². The summed E-state index contributed by atoms with van der Waals surface area (Å²) in [5.41, 5.74) is 0. The first kappa shape index (κ1) is 76.0. The van der Waals surface area contributed by atoms with Crippen molar-refractivity contribution in [2.24, 2.45) is 0 Å². The molecule has 0 aromatic rings. The monoisotopic (exact) mass is 518 g/mol. The van der Waals surface area contributed by atoms with Gasteiger partial charge in [0, 0.05) is 55.2 Å². The molecule has 0 spiro atoms. The molecule has 0 heterocycles. The van der Waals surface area contributed by atoms with Crippen molar-refractivity contribution < 1.29 is 92.0 Å². The van der Waals surface area contributed by atoms with E-state index < -0.39 is 0 Å². The van der Waals surface area contributed by atoms with Crippen LogP contribution in [0.1, 0.15) is 0 Å². The molecule has 6 heavy (non-hydrogen) atoms. The number of hydrogen-bond donors (Lipinski definition) is 0. The van der Waals surface area contributed by atoms with Crippen LogP contribution in [0, 0.1) is 0 Å². The van der Waals surface area contributed by atoms with E-state index in [1.165, 1.54) is 0 Å². The molecule has 41 valence electrons. The van der Waals surface area contributed by atoms with E-state index in [9.17, 15) is 0 Å². The molecule has 0 aliphatic carbocycles.